The monoisotopic (exact) mass is 868 g/mol. The molecule has 6 aromatic heterocycles. The van der Waals surface area contributed by atoms with Crippen LogP contribution in [-0.4, -0.2) is 42.2 Å². The maximum Gasteiger partial charge on any atom is 0.108 e. The van der Waals surface area contributed by atoms with Gasteiger partial charge < -0.3 is 11.5 Å². The van der Waals surface area contributed by atoms with Crippen molar-refractivity contribution in [3.8, 4) is 32.3 Å². The molecule has 0 fully saturated rings. The maximum atomic E-state index is 5.66. The van der Waals surface area contributed by atoms with E-state index in [4.69, 9.17) is 11.5 Å². The lowest BCUT2D eigenvalue weighted by Crippen LogP contribution is -2.00. The van der Waals surface area contributed by atoms with Crippen molar-refractivity contribution in [3.05, 3.63) is 182 Å². The molecule has 0 bridgehead atoms. The van der Waals surface area contributed by atoms with E-state index in [1.54, 1.807) is 0 Å². The van der Waals surface area contributed by atoms with E-state index in [-0.39, 0.29) is 0 Å². The number of hydrogen-bond acceptors (Lipinski definition) is 8. The summed E-state index contributed by atoms with van der Waals surface area (Å²) < 4.78 is 6.94. The van der Waals surface area contributed by atoms with E-state index in [0.29, 0.717) is 0 Å². The van der Waals surface area contributed by atoms with E-state index in [1.807, 2.05) is 47.7 Å². The lowest BCUT2D eigenvalue weighted by molar-refractivity contribution is 0.832. The van der Waals surface area contributed by atoms with Gasteiger partial charge >= 0.3 is 0 Å². The van der Waals surface area contributed by atoms with Crippen molar-refractivity contribution in [1.82, 2.24) is 29.1 Å². The topological polar surface area (TPSA) is 113 Å². The second-order valence-corrected chi connectivity index (χ2v) is 18.3. The van der Waals surface area contributed by atoms with Crippen molar-refractivity contribution in [1.29, 1.82) is 0 Å². The number of fused-ring (bicyclic) bond motifs is 8. The fraction of sp³-hybridized carbons (Fsp3) is 0.111. The normalized spacial score (nSPS) is 11.7. The first-order valence-electron chi connectivity index (χ1n) is 21.7. The number of imidazole rings is 2. The zero-order valence-electron chi connectivity index (χ0n) is 35.1. The Kier molecular flexibility index (Phi) is 10.7. The Morgan fingerprint density at radius 1 is 0.438 bits per heavy atom. The lowest BCUT2D eigenvalue weighted by Gasteiger charge is -2.09. The van der Waals surface area contributed by atoms with Crippen LogP contribution in [-0.2, 0) is 12.8 Å². The van der Waals surface area contributed by atoms with E-state index in [9.17, 15) is 0 Å². The van der Waals surface area contributed by atoms with Gasteiger partial charge in [-0.15, -0.1) is 22.7 Å². The van der Waals surface area contributed by atoms with Crippen LogP contribution in [0.4, 0.5) is 0 Å². The minimum atomic E-state index is 0.717. The summed E-state index contributed by atoms with van der Waals surface area (Å²) in [6, 6.07) is 52.0. The predicted molar refractivity (Wildman–Crippen MR) is 269 cm³/mol. The summed E-state index contributed by atoms with van der Waals surface area (Å²) in [6.45, 7) is 1.43. The van der Waals surface area contributed by atoms with Crippen LogP contribution in [0, 0.1) is 0 Å². The molecule has 0 aliphatic rings. The zero-order chi connectivity index (χ0) is 43.0. The molecule has 0 aliphatic carbocycles. The van der Waals surface area contributed by atoms with Gasteiger partial charge in [0.05, 0.1) is 34.5 Å². The molecule has 10 heteroatoms. The molecular weight excluding hydrogens is 825 g/mol. The quantitative estimate of drug-likeness (QED) is 0.141. The van der Waals surface area contributed by atoms with Gasteiger partial charge in [0.15, 0.2) is 0 Å². The molecule has 6 aromatic carbocycles. The molecule has 6 heterocycles. The average molecular weight is 869 g/mol. The Morgan fingerprint density at radius 3 is 1.30 bits per heavy atom. The fourth-order valence-corrected chi connectivity index (χ4v) is 10.7. The molecule has 0 saturated heterocycles. The van der Waals surface area contributed by atoms with Crippen LogP contribution in [0.5, 0.6) is 0 Å². The Balaban J connectivity index is 0.000000143. The molecule has 0 saturated carbocycles. The van der Waals surface area contributed by atoms with Gasteiger partial charge in [-0.2, -0.15) is 0 Å². The number of pyridine rings is 2. The van der Waals surface area contributed by atoms with Crippen LogP contribution in [0.25, 0.3) is 96.3 Å². The molecule has 0 amide bonds. The summed E-state index contributed by atoms with van der Waals surface area (Å²) in [6.07, 6.45) is 11.5. The van der Waals surface area contributed by atoms with Crippen LogP contribution in [0.15, 0.2) is 171 Å². The van der Waals surface area contributed by atoms with Crippen molar-refractivity contribution < 1.29 is 0 Å². The molecule has 64 heavy (non-hydrogen) atoms. The van der Waals surface area contributed by atoms with Gasteiger partial charge in [-0.3, -0.25) is 19.1 Å². The first kappa shape index (κ1) is 39.7. The van der Waals surface area contributed by atoms with Crippen LogP contribution >= 0.6 is 22.7 Å². The van der Waals surface area contributed by atoms with Crippen molar-refractivity contribution in [2.75, 3.05) is 13.1 Å². The number of aryl methyl sites for hydroxylation is 2. The highest BCUT2D eigenvalue weighted by atomic mass is 32.1. The maximum absolute atomic E-state index is 5.66. The van der Waals surface area contributed by atoms with Crippen LogP contribution < -0.4 is 11.5 Å². The molecule has 0 unspecified atom stereocenters. The number of nitrogens with two attached hydrogens (primary N) is 2. The zero-order valence-corrected chi connectivity index (χ0v) is 36.7. The molecule has 0 spiro atoms. The first-order valence-corrected chi connectivity index (χ1v) is 23.3. The van der Waals surface area contributed by atoms with E-state index in [2.05, 4.69) is 175 Å². The Morgan fingerprint density at radius 2 is 0.875 bits per heavy atom. The van der Waals surface area contributed by atoms with Crippen molar-refractivity contribution in [3.63, 3.8) is 0 Å². The minimum Gasteiger partial charge on any atom is -0.330 e. The van der Waals surface area contributed by atoms with Crippen LogP contribution in [0.3, 0.4) is 0 Å². The van der Waals surface area contributed by atoms with Crippen LogP contribution in [0.2, 0.25) is 0 Å². The van der Waals surface area contributed by atoms with Gasteiger partial charge in [-0.1, -0.05) is 72.8 Å². The smallest absolute Gasteiger partial charge is 0.108 e. The summed E-state index contributed by atoms with van der Waals surface area (Å²) >= 11 is 3.65. The summed E-state index contributed by atoms with van der Waals surface area (Å²) in [4.78, 5) is 21.1. The average Bonchev–Trinajstić information content (AvgIpc) is 4.18. The van der Waals surface area contributed by atoms with Gasteiger partial charge in [0.2, 0.25) is 0 Å². The van der Waals surface area contributed by atoms with Crippen molar-refractivity contribution in [2.45, 2.75) is 25.7 Å². The largest absolute Gasteiger partial charge is 0.330 e. The summed E-state index contributed by atoms with van der Waals surface area (Å²) in [5.41, 5.74) is 24.5. The van der Waals surface area contributed by atoms with Gasteiger partial charge in [-0.25, -0.2) is 9.97 Å². The third-order valence-corrected chi connectivity index (χ3v) is 14.3. The lowest BCUT2D eigenvalue weighted by atomic mass is 10.1. The Bertz CT molecular complexity index is 3290. The summed E-state index contributed by atoms with van der Waals surface area (Å²) in [5, 5.41) is 4.79. The van der Waals surface area contributed by atoms with Crippen molar-refractivity contribution >= 4 is 86.7 Å². The highest BCUT2D eigenvalue weighted by Crippen LogP contribution is 2.38. The van der Waals surface area contributed by atoms with E-state index in [1.165, 1.54) is 52.2 Å². The third kappa shape index (κ3) is 7.60. The molecular formula is C54H44N8S2. The number of aromatic nitrogens is 6. The number of thiophene rings is 2. The summed E-state index contributed by atoms with van der Waals surface area (Å²) in [5.74, 6) is 0. The van der Waals surface area contributed by atoms with Gasteiger partial charge in [0, 0.05) is 41.3 Å². The SMILES string of the molecule is NCCCc1ccc(-n2cnc3cnc4ccc(-c5cc6ccccc6s5)cc4c32)cc1.NCCCc1ccc(-n2cnc3cnc4ccc(-c5cc6ccccc6s5)cc4c32)cc1. The number of hydrogen-bond donors (Lipinski definition) is 2. The van der Waals surface area contributed by atoms with Crippen LogP contribution in [0.1, 0.15) is 24.0 Å². The van der Waals surface area contributed by atoms with Gasteiger partial charge in [0.1, 0.15) is 23.7 Å². The Labute approximate surface area is 378 Å². The molecule has 0 radical (unpaired) electrons. The molecule has 12 aromatic rings. The second kappa shape index (κ2) is 17.2. The first-order chi connectivity index (χ1) is 31.6. The van der Waals surface area contributed by atoms with Gasteiger partial charge in [-0.05, 0) is 145 Å². The van der Waals surface area contributed by atoms with E-state index >= 15 is 0 Å². The molecule has 8 nitrogen and oxygen atoms in total. The molecule has 12 rings (SSSR count). The Hall–Kier alpha value is -7.08. The highest BCUT2D eigenvalue weighted by Gasteiger charge is 2.15. The van der Waals surface area contributed by atoms with E-state index in [0.717, 1.165) is 94.0 Å². The molecule has 312 valence electrons. The highest BCUT2D eigenvalue weighted by molar-refractivity contribution is 7.22. The number of benzene rings is 6. The third-order valence-electron chi connectivity index (χ3n) is 11.9. The standard InChI is InChI=1S/2C27H22N4S/c2*28-13-3-4-18-7-10-21(11-8-18)31-17-30-24-16-29-23-12-9-20(14-22(23)27(24)31)26-15-19-5-1-2-6-25(19)32-26/h2*1-2,5-12,14-17H,3-4,13,28H2. The van der Waals surface area contributed by atoms with Gasteiger partial charge in [0.25, 0.3) is 0 Å². The predicted octanol–water partition coefficient (Wildman–Crippen LogP) is 12.7. The van der Waals surface area contributed by atoms with E-state index < -0.39 is 0 Å². The minimum absolute atomic E-state index is 0.717. The molecule has 0 atom stereocenters. The second-order valence-electron chi connectivity index (χ2n) is 16.1. The van der Waals surface area contributed by atoms with Crippen molar-refractivity contribution in [2.24, 2.45) is 11.5 Å². The fourth-order valence-electron chi connectivity index (χ4n) is 8.59. The summed E-state index contributed by atoms with van der Waals surface area (Å²) in [7, 11) is 0. The molecule has 4 N–H and O–H groups in total. The number of nitrogens with zero attached hydrogens (tertiary/aromatic N) is 6. The molecule has 0 aliphatic heterocycles. The number of rotatable bonds is 10.